The van der Waals surface area contributed by atoms with E-state index < -0.39 is 12.8 Å². The lowest BCUT2D eigenvalue weighted by Crippen LogP contribution is -2.31. The van der Waals surface area contributed by atoms with Crippen LogP contribution < -0.4 is 15.4 Å². The molecule has 1 saturated heterocycles. The third-order valence-corrected chi connectivity index (χ3v) is 4.93. The molecule has 1 saturated carbocycles. The number of carbonyl (C=O) groups is 1. The minimum atomic E-state index is -4.46. The third-order valence-electron chi connectivity index (χ3n) is 4.70. The number of hydrogen-bond donors (Lipinski definition) is 2. The number of nitrogens with one attached hydrogen (secondary N) is 2. The minimum Gasteiger partial charge on any atom is -0.482 e. The molecule has 8 heteroatoms. The maximum absolute atomic E-state index is 12.4. The Balaban J connectivity index is 1.67. The van der Waals surface area contributed by atoms with Crippen molar-refractivity contribution in [1.82, 2.24) is 5.32 Å². The lowest BCUT2D eigenvalue weighted by atomic mass is 9.92. The summed E-state index contributed by atoms with van der Waals surface area (Å²) in [6, 6.07) is 4.24. The topological polar surface area (TPSA) is 50.4 Å². The standard InChI is InChI=1S/C16H18ClF3N2O2/c17-10-1-2-12(13(7-10)24-9-16(18,19)20)22-14(23)11-8-15(11)3-5-21-6-4-15/h1-2,7,11,21H,3-6,8-9H2,(H,22,23). The first-order chi connectivity index (χ1) is 11.3. The molecule has 132 valence electrons. The van der Waals surface area contributed by atoms with Crippen LogP contribution in [0.3, 0.4) is 0 Å². The normalized spacial score (nSPS) is 22.2. The van der Waals surface area contributed by atoms with Gasteiger partial charge in [0.2, 0.25) is 5.91 Å². The Morgan fingerprint density at radius 2 is 2.08 bits per heavy atom. The molecule has 1 aliphatic heterocycles. The zero-order chi connectivity index (χ0) is 17.4. The van der Waals surface area contributed by atoms with Gasteiger partial charge in [0.15, 0.2) is 6.61 Å². The van der Waals surface area contributed by atoms with Crippen LogP contribution in [0, 0.1) is 11.3 Å². The van der Waals surface area contributed by atoms with Crippen LogP contribution in [0.15, 0.2) is 18.2 Å². The fraction of sp³-hybridized carbons (Fsp3) is 0.562. The molecule has 0 radical (unpaired) electrons. The third kappa shape index (κ3) is 3.95. The summed E-state index contributed by atoms with van der Waals surface area (Å²) < 4.78 is 41.9. The molecule has 1 unspecified atom stereocenters. The molecule has 3 rings (SSSR count). The molecule has 2 fully saturated rings. The first-order valence-corrected chi connectivity index (χ1v) is 8.18. The summed E-state index contributed by atoms with van der Waals surface area (Å²) in [7, 11) is 0. The molecule has 0 bridgehead atoms. The number of benzene rings is 1. The van der Waals surface area contributed by atoms with E-state index in [-0.39, 0.29) is 33.7 Å². The number of ether oxygens (including phenoxy) is 1. The Kier molecular flexibility index (Phi) is 4.66. The smallest absolute Gasteiger partial charge is 0.422 e. The van der Waals surface area contributed by atoms with Crippen molar-refractivity contribution < 1.29 is 22.7 Å². The molecule has 1 amide bonds. The second kappa shape index (κ2) is 6.44. The summed E-state index contributed by atoms with van der Waals surface area (Å²) in [4.78, 5) is 12.4. The average molecular weight is 363 g/mol. The van der Waals surface area contributed by atoms with Gasteiger partial charge < -0.3 is 15.4 Å². The van der Waals surface area contributed by atoms with Crippen LogP contribution in [-0.2, 0) is 4.79 Å². The second-order valence-electron chi connectivity index (χ2n) is 6.40. The average Bonchev–Trinajstić information content (AvgIpc) is 3.20. The van der Waals surface area contributed by atoms with Crippen molar-refractivity contribution in [2.75, 3.05) is 25.0 Å². The lowest BCUT2D eigenvalue weighted by molar-refractivity contribution is -0.153. The van der Waals surface area contributed by atoms with Crippen molar-refractivity contribution in [2.45, 2.75) is 25.4 Å². The van der Waals surface area contributed by atoms with E-state index in [1.807, 2.05) is 0 Å². The first-order valence-electron chi connectivity index (χ1n) is 7.80. The Hall–Kier alpha value is -1.47. The number of alkyl halides is 3. The summed E-state index contributed by atoms with van der Waals surface area (Å²) in [5.41, 5.74) is 0.263. The van der Waals surface area contributed by atoms with Gasteiger partial charge in [-0.15, -0.1) is 0 Å². The van der Waals surface area contributed by atoms with Crippen molar-refractivity contribution in [3.8, 4) is 5.75 Å². The first kappa shape index (κ1) is 17.4. The van der Waals surface area contributed by atoms with Gasteiger partial charge in [0, 0.05) is 17.0 Å². The molecule has 2 aliphatic rings. The van der Waals surface area contributed by atoms with Crippen LogP contribution in [0.25, 0.3) is 0 Å². The molecule has 4 nitrogen and oxygen atoms in total. The van der Waals surface area contributed by atoms with Crippen LogP contribution in [0.2, 0.25) is 5.02 Å². The zero-order valence-electron chi connectivity index (χ0n) is 12.9. The highest BCUT2D eigenvalue weighted by molar-refractivity contribution is 6.30. The van der Waals surface area contributed by atoms with Crippen molar-refractivity contribution in [2.24, 2.45) is 11.3 Å². The van der Waals surface area contributed by atoms with Gasteiger partial charge in [-0.2, -0.15) is 13.2 Å². The van der Waals surface area contributed by atoms with Crippen LogP contribution in [-0.4, -0.2) is 31.8 Å². The van der Waals surface area contributed by atoms with E-state index in [4.69, 9.17) is 16.3 Å². The number of rotatable bonds is 4. The highest BCUT2D eigenvalue weighted by Crippen LogP contribution is 2.58. The molecule has 0 aromatic heterocycles. The van der Waals surface area contributed by atoms with E-state index in [0.717, 1.165) is 32.4 Å². The van der Waals surface area contributed by atoms with Crippen LogP contribution in [0.4, 0.5) is 18.9 Å². The Morgan fingerprint density at radius 3 is 2.75 bits per heavy atom. The summed E-state index contributed by atoms with van der Waals surface area (Å²) in [5, 5.41) is 6.20. The fourth-order valence-corrected chi connectivity index (χ4v) is 3.46. The molecule has 1 aromatic carbocycles. The van der Waals surface area contributed by atoms with Crippen molar-refractivity contribution in [3.63, 3.8) is 0 Å². The maximum atomic E-state index is 12.4. The van der Waals surface area contributed by atoms with Gasteiger partial charge in [0.25, 0.3) is 0 Å². The van der Waals surface area contributed by atoms with Crippen LogP contribution in [0.1, 0.15) is 19.3 Å². The Bertz CT molecular complexity index is 630. The van der Waals surface area contributed by atoms with Gasteiger partial charge in [0.1, 0.15) is 5.75 Å². The fourth-order valence-electron chi connectivity index (χ4n) is 3.29. The molecular weight excluding hydrogens is 345 g/mol. The predicted octanol–water partition coefficient (Wildman–Crippen LogP) is 3.61. The maximum Gasteiger partial charge on any atom is 0.422 e. The van der Waals surface area contributed by atoms with Gasteiger partial charge in [-0.25, -0.2) is 0 Å². The minimum absolute atomic E-state index is 0.0503. The molecule has 1 heterocycles. The van der Waals surface area contributed by atoms with E-state index in [2.05, 4.69) is 10.6 Å². The molecular formula is C16H18ClF3N2O2. The Morgan fingerprint density at radius 1 is 1.38 bits per heavy atom. The molecule has 24 heavy (non-hydrogen) atoms. The molecule has 1 atom stereocenters. The van der Waals surface area contributed by atoms with E-state index in [1.54, 1.807) is 0 Å². The number of carbonyl (C=O) groups excluding carboxylic acids is 1. The monoisotopic (exact) mass is 362 g/mol. The summed E-state index contributed by atoms with van der Waals surface area (Å²) in [6.45, 7) is 0.352. The Labute approximate surface area is 142 Å². The highest BCUT2D eigenvalue weighted by Gasteiger charge is 2.57. The second-order valence-corrected chi connectivity index (χ2v) is 6.84. The SMILES string of the molecule is O=C(Nc1ccc(Cl)cc1OCC(F)(F)F)C1CC12CCNCC2. The van der Waals surface area contributed by atoms with Crippen LogP contribution >= 0.6 is 11.6 Å². The molecule has 1 aliphatic carbocycles. The predicted molar refractivity (Wildman–Crippen MR) is 84.3 cm³/mol. The quantitative estimate of drug-likeness (QED) is 0.860. The number of hydrogen-bond acceptors (Lipinski definition) is 3. The van der Waals surface area contributed by atoms with Crippen molar-refractivity contribution in [3.05, 3.63) is 23.2 Å². The number of anilines is 1. The van der Waals surface area contributed by atoms with Crippen LogP contribution in [0.5, 0.6) is 5.75 Å². The van der Waals surface area contributed by atoms with Gasteiger partial charge in [-0.3, -0.25) is 4.79 Å². The number of halogens is 4. The van der Waals surface area contributed by atoms with Gasteiger partial charge in [0.05, 0.1) is 5.69 Å². The molecule has 2 N–H and O–H groups in total. The summed E-state index contributed by atoms with van der Waals surface area (Å²) >= 11 is 5.81. The lowest BCUT2D eigenvalue weighted by Gasteiger charge is -2.23. The molecule has 1 aromatic rings. The summed E-state index contributed by atoms with van der Waals surface area (Å²) in [5.74, 6) is -0.338. The largest absolute Gasteiger partial charge is 0.482 e. The number of piperidine rings is 1. The summed E-state index contributed by atoms with van der Waals surface area (Å²) in [6.07, 6.45) is -1.74. The van der Waals surface area contributed by atoms with Gasteiger partial charge in [-0.05, 0) is 49.9 Å². The van der Waals surface area contributed by atoms with Crippen molar-refractivity contribution >= 4 is 23.2 Å². The van der Waals surface area contributed by atoms with Gasteiger partial charge >= 0.3 is 6.18 Å². The van der Waals surface area contributed by atoms with E-state index >= 15 is 0 Å². The number of amides is 1. The highest BCUT2D eigenvalue weighted by atomic mass is 35.5. The van der Waals surface area contributed by atoms with E-state index in [0.29, 0.717) is 0 Å². The molecule has 1 spiro atoms. The van der Waals surface area contributed by atoms with Crippen molar-refractivity contribution in [1.29, 1.82) is 0 Å². The van der Waals surface area contributed by atoms with Gasteiger partial charge in [-0.1, -0.05) is 11.6 Å². The zero-order valence-corrected chi connectivity index (χ0v) is 13.6. The van der Waals surface area contributed by atoms with E-state index in [1.165, 1.54) is 18.2 Å². The van der Waals surface area contributed by atoms with E-state index in [9.17, 15) is 18.0 Å².